The van der Waals surface area contributed by atoms with Crippen molar-refractivity contribution in [2.75, 3.05) is 7.11 Å². The predicted molar refractivity (Wildman–Crippen MR) is 79.4 cm³/mol. The second-order valence-corrected chi connectivity index (χ2v) is 5.45. The molecule has 0 bridgehead atoms. The largest absolute Gasteiger partial charge is 0.496 e. The van der Waals surface area contributed by atoms with Crippen LogP contribution in [0.25, 0.3) is 0 Å². The van der Waals surface area contributed by atoms with Gasteiger partial charge in [-0.05, 0) is 48.7 Å². The van der Waals surface area contributed by atoms with E-state index < -0.39 is 0 Å². The number of hydrogen-bond acceptors (Lipinski definition) is 3. The van der Waals surface area contributed by atoms with E-state index in [0.29, 0.717) is 0 Å². The van der Waals surface area contributed by atoms with Crippen LogP contribution in [0, 0.1) is 0 Å². The van der Waals surface area contributed by atoms with Gasteiger partial charge in [-0.15, -0.1) is 0 Å². The number of rotatable bonds is 6. The average Bonchev–Trinajstić information content (AvgIpc) is 2.90. The highest BCUT2D eigenvalue weighted by Gasteiger charge is 2.10. The summed E-state index contributed by atoms with van der Waals surface area (Å²) in [7, 11) is 1.68. The fourth-order valence-corrected chi connectivity index (χ4v) is 2.48. The van der Waals surface area contributed by atoms with Gasteiger partial charge < -0.3 is 14.9 Å². The Hall–Kier alpha value is -1.26. The molecule has 0 fully saturated rings. The van der Waals surface area contributed by atoms with Gasteiger partial charge in [-0.3, -0.25) is 0 Å². The van der Waals surface area contributed by atoms with E-state index in [2.05, 4.69) is 22.0 Å². The smallest absolute Gasteiger partial charge is 0.122 e. The lowest BCUT2D eigenvalue weighted by atomic mass is 10.0. The summed E-state index contributed by atoms with van der Waals surface area (Å²) < 4.78 is 11.7. The summed E-state index contributed by atoms with van der Waals surface area (Å²) in [5, 5.41) is 0. The molecule has 0 amide bonds. The quantitative estimate of drug-likeness (QED) is 0.884. The minimum Gasteiger partial charge on any atom is -0.496 e. The third-order valence-corrected chi connectivity index (χ3v) is 3.56. The summed E-state index contributed by atoms with van der Waals surface area (Å²) >= 11 is 3.47. The molecule has 19 heavy (non-hydrogen) atoms. The van der Waals surface area contributed by atoms with Crippen molar-refractivity contribution in [3.63, 3.8) is 0 Å². The van der Waals surface area contributed by atoms with Gasteiger partial charge in [-0.2, -0.15) is 0 Å². The molecule has 0 aliphatic rings. The fourth-order valence-electron chi connectivity index (χ4n) is 2.07. The molecule has 4 heteroatoms. The Bertz CT molecular complexity index is 511. The minimum absolute atomic E-state index is 0.0910. The molecular formula is C15H18BrNO2. The van der Waals surface area contributed by atoms with Crippen LogP contribution in [0.1, 0.15) is 17.7 Å². The van der Waals surface area contributed by atoms with Crippen molar-refractivity contribution in [3.8, 4) is 5.75 Å². The first-order valence-electron chi connectivity index (χ1n) is 6.29. The van der Waals surface area contributed by atoms with E-state index in [1.165, 1.54) is 0 Å². The Morgan fingerprint density at radius 2 is 2.21 bits per heavy atom. The molecular weight excluding hydrogens is 306 g/mol. The van der Waals surface area contributed by atoms with E-state index in [1.54, 1.807) is 13.4 Å². The van der Waals surface area contributed by atoms with Crippen LogP contribution in [0.15, 0.2) is 45.5 Å². The highest BCUT2D eigenvalue weighted by Crippen LogP contribution is 2.24. The van der Waals surface area contributed by atoms with E-state index in [4.69, 9.17) is 14.9 Å². The van der Waals surface area contributed by atoms with E-state index in [1.807, 2.05) is 24.3 Å². The molecule has 1 unspecified atom stereocenters. The molecule has 1 atom stereocenters. The number of aryl methyl sites for hydroxylation is 1. The molecule has 2 aromatic rings. The number of nitrogens with two attached hydrogens (primary N) is 1. The average molecular weight is 324 g/mol. The van der Waals surface area contributed by atoms with Crippen LogP contribution >= 0.6 is 15.9 Å². The minimum atomic E-state index is 0.0910. The number of ether oxygens (including phenoxy) is 1. The summed E-state index contributed by atoms with van der Waals surface area (Å²) in [5.41, 5.74) is 7.31. The van der Waals surface area contributed by atoms with Crippen molar-refractivity contribution in [1.82, 2.24) is 0 Å². The van der Waals surface area contributed by atoms with Gasteiger partial charge in [-0.25, -0.2) is 0 Å². The Labute approximate surface area is 121 Å². The number of furan rings is 1. The molecule has 2 rings (SSSR count). The van der Waals surface area contributed by atoms with E-state index in [0.717, 1.165) is 40.8 Å². The second-order valence-electron chi connectivity index (χ2n) is 4.54. The maximum atomic E-state index is 6.18. The van der Waals surface area contributed by atoms with Gasteiger partial charge in [-0.1, -0.05) is 15.9 Å². The molecule has 1 aromatic carbocycles. The summed E-state index contributed by atoms with van der Waals surface area (Å²) in [5.74, 6) is 1.87. The van der Waals surface area contributed by atoms with Crippen LogP contribution in [0.2, 0.25) is 0 Å². The van der Waals surface area contributed by atoms with Crippen molar-refractivity contribution < 1.29 is 9.15 Å². The molecule has 102 valence electrons. The maximum absolute atomic E-state index is 6.18. The highest BCUT2D eigenvalue weighted by atomic mass is 79.9. The second kappa shape index (κ2) is 6.78. The van der Waals surface area contributed by atoms with Crippen LogP contribution in [-0.4, -0.2) is 13.2 Å². The van der Waals surface area contributed by atoms with Crippen LogP contribution < -0.4 is 10.5 Å². The number of benzene rings is 1. The van der Waals surface area contributed by atoms with Crippen molar-refractivity contribution in [2.45, 2.75) is 25.3 Å². The molecule has 3 nitrogen and oxygen atoms in total. The lowest BCUT2D eigenvalue weighted by molar-refractivity contribution is 0.406. The monoisotopic (exact) mass is 323 g/mol. The molecule has 0 aliphatic carbocycles. The molecule has 0 spiro atoms. The van der Waals surface area contributed by atoms with Gasteiger partial charge in [0, 0.05) is 16.9 Å². The van der Waals surface area contributed by atoms with E-state index in [9.17, 15) is 0 Å². The van der Waals surface area contributed by atoms with E-state index in [-0.39, 0.29) is 6.04 Å². The number of halogens is 1. The van der Waals surface area contributed by atoms with Crippen LogP contribution in [0.4, 0.5) is 0 Å². The molecule has 1 heterocycles. The zero-order valence-corrected chi connectivity index (χ0v) is 12.5. The van der Waals surface area contributed by atoms with Gasteiger partial charge >= 0.3 is 0 Å². The maximum Gasteiger partial charge on any atom is 0.122 e. The Kier molecular flexibility index (Phi) is 5.05. The molecule has 0 saturated carbocycles. The normalized spacial score (nSPS) is 12.4. The first-order chi connectivity index (χ1) is 9.19. The summed E-state index contributed by atoms with van der Waals surface area (Å²) in [6.45, 7) is 0. The first kappa shape index (κ1) is 14.2. The lowest BCUT2D eigenvalue weighted by Crippen LogP contribution is -2.23. The number of methoxy groups -OCH3 is 1. The molecule has 0 aliphatic heterocycles. The van der Waals surface area contributed by atoms with Crippen molar-refractivity contribution in [1.29, 1.82) is 0 Å². The zero-order valence-electron chi connectivity index (χ0n) is 10.9. The Balaban J connectivity index is 1.94. The van der Waals surface area contributed by atoms with Crippen LogP contribution in [0.5, 0.6) is 5.75 Å². The zero-order chi connectivity index (χ0) is 13.7. The third-order valence-electron chi connectivity index (χ3n) is 3.07. The SMILES string of the molecule is COc1ccc(Br)cc1CC(N)CCc1ccco1. The van der Waals surface area contributed by atoms with Crippen molar-refractivity contribution >= 4 is 15.9 Å². The van der Waals surface area contributed by atoms with Crippen LogP contribution in [0.3, 0.4) is 0 Å². The number of hydrogen-bond donors (Lipinski definition) is 1. The van der Waals surface area contributed by atoms with E-state index >= 15 is 0 Å². The topological polar surface area (TPSA) is 48.4 Å². The Morgan fingerprint density at radius 1 is 1.37 bits per heavy atom. The predicted octanol–water partition coefficient (Wildman–Crippen LogP) is 3.55. The van der Waals surface area contributed by atoms with Crippen molar-refractivity contribution in [2.24, 2.45) is 5.73 Å². The molecule has 0 radical (unpaired) electrons. The van der Waals surface area contributed by atoms with Crippen molar-refractivity contribution in [3.05, 3.63) is 52.4 Å². The highest BCUT2D eigenvalue weighted by molar-refractivity contribution is 9.10. The molecule has 2 N–H and O–H groups in total. The third kappa shape index (κ3) is 4.11. The summed E-state index contributed by atoms with van der Waals surface area (Å²) in [6.07, 6.45) is 4.25. The Morgan fingerprint density at radius 3 is 2.89 bits per heavy atom. The standard InChI is InChI=1S/C15H18BrNO2/c1-18-15-7-4-12(16)9-11(15)10-13(17)5-6-14-3-2-8-19-14/h2-4,7-9,13H,5-6,10,17H2,1H3. The summed E-state index contributed by atoms with van der Waals surface area (Å²) in [6, 6.07) is 9.96. The summed E-state index contributed by atoms with van der Waals surface area (Å²) in [4.78, 5) is 0. The lowest BCUT2D eigenvalue weighted by Gasteiger charge is -2.14. The fraction of sp³-hybridized carbons (Fsp3) is 0.333. The molecule has 0 saturated heterocycles. The van der Waals surface area contributed by atoms with Gasteiger partial charge in [0.05, 0.1) is 13.4 Å². The van der Waals surface area contributed by atoms with Crippen LogP contribution in [-0.2, 0) is 12.8 Å². The molecule has 1 aromatic heterocycles. The first-order valence-corrected chi connectivity index (χ1v) is 7.08. The van der Waals surface area contributed by atoms with Gasteiger partial charge in [0.25, 0.3) is 0 Å². The van der Waals surface area contributed by atoms with Gasteiger partial charge in [0.1, 0.15) is 11.5 Å². The van der Waals surface area contributed by atoms with Gasteiger partial charge in [0.15, 0.2) is 0 Å². The van der Waals surface area contributed by atoms with Gasteiger partial charge in [0.2, 0.25) is 0 Å².